The van der Waals surface area contributed by atoms with Crippen LogP contribution in [-0.2, 0) is 0 Å². The van der Waals surface area contributed by atoms with Gasteiger partial charge in [-0.05, 0) is 13.6 Å². The van der Waals surface area contributed by atoms with E-state index in [0.29, 0.717) is 0 Å². The van der Waals surface area contributed by atoms with Gasteiger partial charge < -0.3 is 15.1 Å². The Labute approximate surface area is 62.3 Å². The van der Waals surface area contributed by atoms with Crippen LogP contribution in [0.25, 0.3) is 0 Å². The molecule has 0 aromatic heterocycles. The molecule has 0 fully saturated rings. The zero-order chi connectivity index (χ0) is 7.98. The van der Waals surface area contributed by atoms with Crippen molar-refractivity contribution >= 4 is 0 Å². The first kappa shape index (κ1) is 9.88. The lowest BCUT2D eigenvalue weighted by atomic mass is 10.2. The van der Waals surface area contributed by atoms with Crippen molar-refractivity contribution < 1.29 is 10.2 Å². The van der Waals surface area contributed by atoms with Crippen molar-refractivity contribution in [3.8, 4) is 0 Å². The number of nitrogens with zero attached hydrogens (tertiary/aromatic N) is 1. The van der Waals surface area contributed by atoms with E-state index in [4.69, 9.17) is 10.2 Å². The van der Waals surface area contributed by atoms with E-state index < -0.39 is 0 Å². The molecule has 0 radical (unpaired) electrons. The van der Waals surface area contributed by atoms with Crippen LogP contribution in [0.2, 0.25) is 0 Å². The predicted molar refractivity (Wildman–Crippen MR) is 40.8 cm³/mol. The summed E-state index contributed by atoms with van der Waals surface area (Å²) in [5.74, 6) is 0.0185. The first-order valence-electron chi connectivity index (χ1n) is 3.64. The number of hydrogen-bond donors (Lipinski definition) is 2. The quantitative estimate of drug-likeness (QED) is 0.553. The average Bonchev–Trinajstić information content (AvgIpc) is 1.99. The summed E-state index contributed by atoms with van der Waals surface area (Å²) in [6, 6.07) is 0. The van der Waals surface area contributed by atoms with Crippen molar-refractivity contribution in [3.63, 3.8) is 0 Å². The Kier molecular flexibility index (Phi) is 5.58. The fourth-order valence-corrected chi connectivity index (χ4v) is 0.743. The van der Waals surface area contributed by atoms with Crippen molar-refractivity contribution in [2.45, 2.75) is 6.92 Å². The van der Waals surface area contributed by atoms with Gasteiger partial charge in [0.1, 0.15) is 0 Å². The van der Waals surface area contributed by atoms with E-state index in [1.807, 2.05) is 14.0 Å². The number of aliphatic hydroxyl groups is 2. The zero-order valence-corrected chi connectivity index (χ0v) is 6.75. The van der Waals surface area contributed by atoms with Crippen LogP contribution in [0.15, 0.2) is 0 Å². The average molecular weight is 147 g/mol. The second-order valence-corrected chi connectivity index (χ2v) is 2.59. The van der Waals surface area contributed by atoms with Crippen molar-refractivity contribution in [2.75, 3.05) is 33.4 Å². The molecule has 10 heavy (non-hydrogen) atoms. The van der Waals surface area contributed by atoms with Crippen molar-refractivity contribution in [1.29, 1.82) is 0 Å². The summed E-state index contributed by atoms with van der Waals surface area (Å²) in [5, 5.41) is 17.4. The third-order valence-corrected chi connectivity index (χ3v) is 1.63. The Morgan fingerprint density at radius 2 is 1.80 bits per heavy atom. The molecule has 0 unspecified atom stereocenters. The van der Waals surface area contributed by atoms with Gasteiger partial charge in [0.25, 0.3) is 0 Å². The summed E-state index contributed by atoms with van der Waals surface area (Å²) in [5.41, 5.74) is 0. The van der Waals surface area contributed by atoms with Crippen LogP contribution in [0.5, 0.6) is 0 Å². The molecule has 2 N–H and O–H groups in total. The molecule has 0 heterocycles. The van der Waals surface area contributed by atoms with Gasteiger partial charge in [0.05, 0.1) is 0 Å². The lowest BCUT2D eigenvalue weighted by Crippen LogP contribution is -2.29. The molecule has 0 aliphatic heterocycles. The Hall–Kier alpha value is -0.120. The predicted octanol–water partition coefficient (Wildman–Crippen LogP) is -0.461. The maximum atomic E-state index is 8.68. The number of aliphatic hydroxyl groups excluding tert-OH is 2. The van der Waals surface area contributed by atoms with Crippen LogP contribution >= 0.6 is 0 Å². The first-order chi connectivity index (χ1) is 4.74. The molecule has 0 rings (SSSR count). The maximum absolute atomic E-state index is 8.68. The Morgan fingerprint density at radius 1 is 1.30 bits per heavy atom. The number of hydrogen-bond acceptors (Lipinski definition) is 3. The van der Waals surface area contributed by atoms with Crippen molar-refractivity contribution in [3.05, 3.63) is 0 Å². The number of rotatable bonds is 5. The Morgan fingerprint density at radius 3 is 2.10 bits per heavy atom. The summed E-state index contributed by atoms with van der Waals surface area (Å²) in [6.07, 6.45) is 0. The van der Waals surface area contributed by atoms with E-state index in [1.165, 1.54) is 0 Å². The SMILES string of the molecule is CCN(C)CC(CO)CO. The van der Waals surface area contributed by atoms with Gasteiger partial charge in [0.2, 0.25) is 0 Å². The lowest BCUT2D eigenvalue weighted by Gasteiger charge is -2.18. The van der Waals surface area contributed by atoms with Crippen LogP contribution < -0.4 is 0 Å². The van der Waals surface area contributed by atoms with Gasteiger partial charge in [-0.15, -0.1) is 0 Å². The molecule has 3 nitrogen and oxygen atoms in total. The monoisotopic (exact) mass is 147 g/mol. The van der Waals surface area contributed by atoms with Crippen LogP contribution in [0.3, 0.4) is 0 Å². The summed E-state index contributed by atoms with van der Waals surface area (Å²) >= 11 is 0. The van der Waals surface area contributed by atoms with Crippen LogP contribution in [-0.4, -0.2) is 48.5 Å². The van der Waals surface area contributed by atoms with Crippen LogP contribution in [0.4, 0.5) is 0 Å². The van der Waals surface area contributed by atoms with Gasteiger partial charge in [-0.25, -0.2) is 0 Å². The lowest BCUT2D eigenvalue weighted by molar-refractivity contribution is 0.121. The highest BCUT2D eigenvalue weighted by Crippen LogP contribution is 1.95. The van der Waals surface area contributed by atoms with E-state index in [2.05, 4.69) is 4.90 Å². The fourth-order valence-electron chi connectivity index (χ4n) is 0.743. The third-order valence-electron chi connectivity index (χ3n) is 1.63. The van der Waals surface area contributed by atoms with E-state index in [1.54, 1.807) is 0 Å². The maximum Gasteiger partial charge on any atom is 0.0493 e. The van der Waals surface area contributed by atoms with E-state index in [-0.39, 0.29) is 19.1 Å². The van der Waals surface area contributed by atoms with Gasteiger partial charge in [0.15, 0.2) is 0 Å². The fraction of sp³-hybridized carbons (Fsp3) is 1.00. The molecule has 0 aromatic rings. The second kappa shape index (κ2) is 5.65. The molecule has 0 aliphatic carbocycles. The Bertz CT molecular complexity index is 74.0. The summed E-state index contributed by atoms with van der Waals surface area (Å²) in [6.45, 7) is 3.91. The molecule has 0 spiro atoms. The minimum absolute atomic E-state index is 0.0185. The molecule has 0 aromatic carbocycles. The normalized spacial score (nSPS) is 11.4. The van der Waals surface area contributed by atoms with Gasteiger partial charge in [-0.3, -0.25) is 0 Å². The second-order valence-electron chi connectivity index (χ2n) is 2.59. The van der Waals surface area contributed by atoms with Crippen molar-refractivity contribution in [2.24, 2.45) is 5.92 Å². The summed E-state index contributed by atoms with van der Waals surface area (Å²) in [4.78, 5) is 2.07. The van der Waals surface area contributed by atoms with Crippen LogP contribution in [0, 0.1) is 5.92 Å². The topological polar surface area (TPSA) is 43.7 Å². The summed E-state index contributed by atoms with van der Waals surface area (Å²) < 4.78 is 0. The first-order valence-corrected chi connectivity index (χ1v) is 3.64. The van der Waals surface area contributed by atoms with Crippen LogP contribution in [0.1, 0.15) is 6.92 Å². The smallest absolute Gasteiger partial charge is 0.0493 e. The highest BCUT2D eigenvalue weighted by molar-refractivity contribution is 4.59. The standard InChI is InChI=1S/C7H17NO2/c1-3-8(2)4-7(5-9)6-10/h7,9-10H,3-6H2,1-2H3. The minimum Gasteiger partial charge on any atom is -0.396 e. The largest absolute Gasteiger partial charge is 0.396 e. The van der Waals surface area contributed by atoms with Crippen molar-refractivity contribution in [1.82, 2.24) is 4.90 Å². The zero-order valence-electron chi connectivity index (χ0n) is 6.75. The molecule has 0 saturated heterocycles. The van der Waals surface area contributed by atoms with E-state index >= 15 is 0 Å². The molecular weight excluding hydrogens is 130 g/mol. The third kappa shape index (κ3) is 3.82. The molecule has 62 valence electrons. The van der Waals surface area contributed by atoms with Gasteiger partial charge in [0, 0.05) is 25.7 Å². The summed E-state index contributed by atoms with van der Waals surface area (Å²) in [7, 11) is 1.97. The van der Waals surface area contributed by atoms with Gasteiger partial charge in [-0.2, -0.15) is 0 Å². The molecule has 0 atom stereocenters. The molecule has 0 saturated carbocycles. The molecular formula is C7H17NO2. The van der Waals surface area contributed by atoms with E-state index in [9.17, 15) is 0 Å². The van der Waals surface area contributed by atoms with Gasteiger partial charge >= 0.3 is 0 Å². The van der Waals surface area contributed by atoms with E-state index in [0.717, 1.165) is 13.1 Å². The molecule has 0 aliphatic rings. The molecule has 3 heteroatoms. The molecule has 0 bridgehead atoms. The minimum atomic E-state index is 0.0185. The Balaban J connectivity index is 3.41. The highest BCUT2D eigenvalue weighted by Gasteiger charge is 2.06. The van der Waals surface area contributed by atoms with Gasteiger partial charge in [-0.1, -0.05) is 6.92 Å². The highest BCUT2D eigenvalue weighted by atomic mass is 16.3. The molecule has 0 amide bonds.